The summed E-state index contributed by atoms with van der Waals surface area (Å²) in [6, 6.07) is 9.80. The number of aromatic amines is 2. The molecule has 9 nitrogen and oxygen atoms in total. The van der Waals surface area contributed by atoms with Crippen molar-refractivity contribution in [1.29, 1.82) is 0 Å². The lowest BCUT2D eigenvalue weighted by Gasteiger charge is -2.20. The number of hydrogen-bond donors (Lipinski definition) is 3. The molecule has 1 aliphatic rings. The second-order valence-corrected chi connectivity index (χ2v) is 10.2. The lowest BCUT2D eigenvalue weighted by molar-refractivity contribution is -0.117. The minimum Gasteiger partial charge on any atom is -0.472 e. The van der Waals surface area contributed by atoms with Gasteiger partial charge in [0.25, 0.3) is 0 Å². The molecule has 1 amide bonds. The number of pyridine rings is 3. The Labute approximate surface area is 224 Å². The van der Waals surface area contributed by atoms with E-state index >= 15 is 0 Å². The first-order valence-electron chi connectivity index (χ1n) is 13.3. The van der Waals surface area contributed by atoms with Crippen LogP contribution in [-0.2, 0) is 4.79 Å². The number of aromatic nitrogens is 6. The predicted octanol–water partition coefficient (Wildman–Crippen LogP) is 6.73. The van der Waals surface area contributed by atoms with E-state index in [0.29, 0.717) is 23.7 Å². The number of amides is 1. The largest absolute Gasteiger partial charge is 0.472 e. The zero-order valence-electron chi connectivity index (χ0n) is 21.3. The van der Waals surface area contributed by atoms with E-state index in [1.807, 2.05) is 30.5 Å². The van der Waals surface area contributed by atoms with Gasteiger partial charge >= 0.3 is 0 Å². The molecule has 3 N–H and O–H groups in total. The maximum Gasteiger partial charge on any atom is 0.224 e. The van der Waals surface area contributed by atoms with Crippen LogP contribution in [0.25, 0.3) is 55.7 Å². The molecular weight excluding hydrogens is 490 g/mol. The fourth-order valence-electron chi connectivity index (χ4n) is 5.59. The van der Waals surface area contributed by atoms with Crippen LogP contribution in [0.2, 0.25) is 0 Å². The van der Waals surface area contributed by atoms with Crippen molar-refractivity contribution in [1.82, 2.24) is 30.1 Å². The second kappa shape index (κ2) is 9.83. The highest BCUT2D eigenvalue weighted by molar-refractivity contribution is 6.00. The van der Waals surface area contributed by atoms with Gasteiger partial charge in [0.15, 0.2) is 0 Å². The van der Waals surface area contributed by atoms with Crippen molar-refractivity contribution in [3.05, 3.63) is 67.6 Å². The van der Waals surface area contributed by atoms with Crippen LogP contribution in [0.5, 0.6) is 0 Å². The van der Waals surface area contributed by atoms with Gasteiger partial charge in [-0.1, -0.05) is 19.3 Å². The molecule has 0 spiro atoms. The van der Waals surface area contributed by atoms with E-state index in [4.69, 9.17) is 9.40 Å². The molecule has 0 aromatic carbocycles. The molecule has 0 bridgehead atoms. The SMILES string of the molecule is O=C(CC1CCCCC1)Nc1cncc(-c2ccc3[nH]nc(-c4cc5c(-c6ccoc6)cncc5[nH]4)c3n2)c1. The highest BCUT2D eigenvalue weighted by atomic mass is 16.3. The standard InChI is InChI=1S/C30H27N7O2/c38-28(10-18-4-2-1-3-5-18)33-21-11-20(13-31-14-21)24-6-7-25-29(35-24)30(37-36-25)26-12-22-23(19-8-9-39-17-19)15-32-16-27(22)34-26/h6-9,11-18,34H,1-5,10H2,(H,33,38)(H,36,37). The van der Waals surface area contributed by atoms with E-state index in [1.165, 1.54) is 19.3 Å². The van der Waals surface area contributed by atoms with Crippen molar-refractivity contribution in [3.8, 4) is 33.8 Å². The van der Waals surface area contributed by atoms with E-state index < -0.39 is 0 Å². The van der Waals surface area contributed by atoms with Crippen LogP contribution in [0.4, 0.5) is 5.69 Å². The van der Waals surface area contributed by atoms with Crippen LogP contribution in [0.1, 0.15) is 38.5 Å². The highest BCUT2D eigenvalue weighted by Crippen LogP contribution is 2.34. The average Bonchev–Trinajstić information content (AvgIpc) is 3.73. The number of nitrogens with one attached hydrogen (secondary N) is 3. The summed E-state index contributed by atoms with van der Waals surface area (Å²) in [6.45, 7) is 0. The lowest BCUT2D eigenvalue weighted by atomic mass is 9.87. The Morgan fingerprint density at radius 1 is 0.974 bits per heavy atom. The van der Waals surface area contributed by atoms with Gasteiger partial charge in [0, 0.05) is 40.9 Å². The first kappa shape index (κ1) is 23.3. The summed E-state index contributed by atoms with van der Waals surface area (Å²) in [6.07, 6.45) is 17.0. The molecule has 0 saturated heterocycles. The molecule has 6 aromatic heterocycles. The van der Waals surface area contributed by atoms with Crippen molar-refractivity contribution in [2.45, 2.75) is 38.5 Å². The summed E-state index contributed by atoms with van der Waals surface area (Å²) in [5.41, 5.74) is 8.20. The molecule has 0 aliphatic heterocycles. The minimum atomic E-state index is 0.0458. The average molecular weight is 518 g/mol. The maximum absolute atomic E-state index is 12.7. The third-order valence-electron chi connectivity index (χ3n) is 7.56. The first-order chi connectivity index (χ1) is 19.2. The summed E-state index contributed by atoms with van der Waals surface area (Å²) in [5.74, 6) is 0.527. The smallest absolute Gasteiger partial charge is 0.224 e. The van der Waals surface area contributed by atoms with Crippen LogP contribution in [0.15, 0.2) is 72.1 Å². The van der Waals surface area contributed by atoms with E-state index in [0.717, 1.165) is 62.9 Å². The first-order valence-corrected chi connectivity index (χ1v) is 13.3. The summed E-state index contributed by atoms with van der Waals surface area (Å²) in [4.78, 5) is 29.8. The number of fused-ring (bicyclic) bond motifs is 2. The molecule has 0 atom stereocenters. The third-order valence-corrected chi connectivity index (χ3v) is 7.56. The molecule has 7 rings (SSSR count). The Morgan fingerprint density at radius 2 is 1.87 bits per heavy atom. The van der Waals surface area contributed by atoms with Crippen LogP contribution < -0.4 is 5.32 Å². The van der Waals surface area contributed by atoms with Gasteiger partial charge in [-0.05, 0) is 49.1 Å². The number of H-pyrrole nitrogens is 2. The molecule has 1 saturated carbocycles. The van der Waals surface area contributed by atoms with Gasteiger partial charge in [0.05, 0.1) is 53.0 Å². The van der Waals surface area contributed by atoms with Crippen LogP contribution in [0, 0.1) is 5.92 Å². The molecule has 0 radical (unpaired) electrons. The van der Waals surface area contributed by atoms with Crippen molar-refractivity contribution in [3.63, 3.8) is 0 Å². The number of carbonyl (C=O) groups excluding carboxylic acids is 1. The summed E-state index contributed by atoms with van der Waals surface area (Å²) >= 11 is 0. The summed E-state index contributed by atoms with van der Waals surface area (Å²) < 4.78 is 5.28. The molecule has 1 aliphatic carbocycles. The van der Waals surface area contributed by atoms with E-state index in [2.05, 4.69) is 36.5 Å². The summed E-state index contributed by atoms with van der Waals surface area (Å²) in [5, 5.41) is 11.7. The van der Waals surface area contributed by atoms with E-state index in [9.17, 15) is 4.79 Å². The lowest BCUT2D eigenvalue weighted by Crippen LogP contribution is -2.18. The number of furan rings is 1. The van der Waals surface area contributed by atoms with Gasteiger partial charge in [0.1, 0.15) is 11.2 Å². The molecule has 39 heavy (non-hydrogen) atoms. The van der Waals surface area contributed by atoms with Gasteiger partial charge < -0.3 is 14.7 Å². The maximum atomic E-state index is 12.7. The van der Waals surface area contributed by atoms with E-state index in [1.54, 1.807) is 31.1 Å². The van der Waals surface area contributed by atoms with Crippen LogP contribution in [0.3, 0.4) is 0 Å². The van der Waals surface area contributed by atoms with Crippen molar-refractivity contribution < 1.29 is 9.21 Å². The fourth-order valence-corrected chi connectivity index (χ4v) is 5.59. The molecule has 9 heteroatoms. The Bertz CT molecular complexity index is 1780. The van der Waals surface area contributed by atoms with Gasteiger partial charge in [-0.2, -0.15) is 5.10 Å². The summed E-state index contributed by atoms with van der Waals surface area (Å²) in [7, 11) is 0. The molecule has 0 unspecified atom stereocenters. The van der Waals surface area contributed by atoms with Gasteiger partial charge in [-0.3, -0.25) is 19.9 Å². The zero-order chi connectivity index (χ0) is 26.2. The van der Waals surface area contributed by atoms with Gasteiger partial charge in [-0.25, -0.2) is 4.98 Å². The second-order valence-electron chi connectivity index (χ2n) is 10.2. The van der Waals surface area contributed by atoms with Crippen LogP contribution in [-0.4, -0.2) is 36.0 Å². The van der Waals surface area contributed by atoms with Crippen LogP contribution >= 0.6 is 0 Å². The number of rotatable bonds is 6. The molecule has 6 heterocycles. The molecule has 1 fully saturated rings. The number of nitrogens with zero attached hydrogens (tertiary/aromatic N) is 4. The van der Waals surface area contributed by atoms with E-state index in [-0.39, 0.29) is 5.91 Å². The van der Waals surface area contributed by atoms with Crippen molar-refractivity contribution in [2.24, 2.45) is 5.92 Å². The predicted molar refractivity (Wildman–Crippen MR) is 150 cm³/mol. The number of hydrogen-bond acceptors (Lipinski definition) is 6. The monoisotopic (exact) mass is 517 g/mol. The Morgan fingerprint density at radius 3 is 2.74 bits per heavy atom. The van der Waals surface area contributed by atoms with Crippen molar-refractivity contribution in [2.75, 3.05) is 5.32 Å². The Balaban J connectivity index is 1.19. The Kier molecular flexibility index (Phi) is 5.88. The zero-order valence-corrected chi connectivity index (χ0v) is 21.3. The highest BCUT2D eigenvalue weighted by Gasteiger charge is 2.18. The van der Waals surface area contributed by atoms with Gasteiger partial charge in [-0.15, -0.1) is 0 Å². The fraction of sp³-hybridized carbons (Fsp3) is 0.233. The molecule has 6 aromatic rings. The topological polar surface area (TPSA) is 125 Å². The van der Waals surface area contributed by atoms with Gasteiger partial charge in [0.2, 0.25) is 5.91 Å². The molecule has 194 valence electrons. The Hall–Kier alpha value is -4.79. The molecular formula is C30H27N7O2. The number of carbonyl (C=O) groups is 1. The minimum absolute atomic E-state index is 0.0458. The third kappa shape index (κ3) is 4.56. The quantitative estimate of drug-likeness (QED) is 0.225. The van der Waals surface area contributed by atoms with Crippen molar-refractivity contribution >= 4 is 33.5 Å². The normalized spacial score (nSPS) is 14.3. The number of anilines is 1.